The van der Waals surface area contributed by atoms with Gasteiger partial charge in [-0.25, -0.2) is 0 Å². The molecule has 0 fully saturated rings. The molecule has 0 aliphatic heterocycles. The van der Waals surface area contributed by atoms with Gasteiger partial charge in [0.2, 0.25) is 0 Å². The van der Waals surface area contributed by atoms with Gasteiger partial charge in [0.1, 0.15) is 17.3 Å². The number of carbonyl (C=O) groups is 3. The summed E-state index contributed by atoms with van der Waals surface area (Å²) >= 11 is 0. The molecule has 2 atom stereocenters. The molecule has 0 bridgehead atoms. The van der Waals surface area contributed by atoms with Crippen LogP contribution in [0.3, 0.4) is 0 Å². The number of ether oxygens (including phenoxy) is 1. The van der Waals surface area contributed by atoms with Gasteiger partial charge >= 0.3 is 109 Å². The van der Waals surface area contributed by atoms with E-state index in [1.807, 2.05) is 51.1 Å². The standard InChI is InChI=1S/C21H28O3.CH2O3.2K/c1-6-21(5,14-10-11-16(2)3)24-20(23)19(17(4)22)15-18-12-8-7-9-13-18;2-1(3)4;;/h6-9,11-13,19H,1,10,14-15H2,2-5H3;(H2,2,3,4);;/q;;2*+1/p-2. The minimum atomic E-state index is -2.33. The first-order valence-electron chi connectivity index (χ1n) is 8.93. The van der Waals surface area contributed by atoms with Crippen molar-refractivity contribution in [3.8, 4) is 0 Å². The smallest absolute Gasteiger partial charge is 0.652 e. The third-order valence-electron chi connectivity index (χ3n) is 4.02. The maximum Gasteiger partial charge on any atom is 1.00 e. The Balaban J connectivity index is -0.00000111. The van der Waals surface area contributed by atoms with Crippen molar-refractivity contribution < 1.29 is 132 Å². The summed E-state index contributed by atoms with van der Waals surface area (Å²) in [6, 6.07) is 9.51. The van der Waals surface area contributed by atoms with Crippen LogP contribution in [0.25, 0.3) is 0 Å². The van der Waals surface area contributed by atoms with Gasteiger partial charge in [-0.2, -0.15) is 0 Å². The molecule has 2 unspecified atom stereocenters. The van der Waals surface area contributed by atoms with E-state index in [-0.39, 0.29) is 109 Å². The molecule has 30 heavy (non-hydrogen) atoms. The molecule has 0 radical (unpaired) electrons. The van der Waals surface area contributed by atoms with Gasteiger partial charge in [0, 0.05) is 0 Å². The monoisotopic (exact) mass is 466 g/mol. The van der Waals surface area contributed by atoms with Crippen molar-refractivity contribution in [2.45, 2.75) is 52.6 Å². The van der Waals surface area contributed by atoms with Gasteiger partial charge in [0.05, 0.1) is 0 Å². The number of benzene rings is 1. The molecule has 0 aliphatic carbocycles. The second kappa shape index (κ2) is 18.9. The minimum absolute atomic E-state index is 0. The molecule has 0 amide bonds. The van der Waals surface area contributed by atoms with Crippen LogP contribution in [-0.4, -0.2) is 23.5 Å². The molecule has 8 heteroatoms. The third-order valence-corrected chi connectivity index (χ3v) is 4.02. The molecule has 0 saturated heterocycles. The van der Waals surface area contributed by atoms with Crippen LogP contribution in [0.5, 0.6) is 0 Å². The molecule has 0 aromatic heterocycles. The van der Waals surface area contributed by atoms with Crippen molar-refractivity contribution >= 4 is 17.9 Å². The Morgan fingerprint density at radius 2 is 1.60 bits per heavy atom. The summed E-state index contributed by atoms with van der Waals surface area (Å²) in [4.78, 5) is 32.8. The van der Waals surface area contributed by atoms with E-state index < -0.39 is 23.6 Å². The number of carboxylic acid groups (broad SMARTS) is 2. The first kappa shape index (κ1) is 35.0. The van der Waals surface area contributed by atoms with E-state index in [4.69, 9.17) is 19.7 Å². The van der Waals surface area contributed by atoms with Crippen molar-refractivity contribution in [1.82, 2.24) is 0 Å². The fourth-order valence-electron chi connectivity index (χ4n) is 2.39. The van der Waals surface area contributed by atoms with Crippen LogP contribution >= 0.6 is 0 Å². The van der Waals surface area contributed by atoms with Crippen LogP contribution in [0.15, 0.2) is 54.6 Å². The molecular weight excluding hydrogens is 438 g/mol. The molecule has 0 heterocycles. The molecular formula is C22H28K2O6. The van der Waals surface area contributed by atoms with E-state index in [0.29, 0.717) is 12.8 Å². The van der Waals surface area contributed by atoms with Crippen LogP contribution in [0, 0.1) is 5.92 Å². The second-order valence-electron chi connectivity index (χ2n) is 6.86. The minimum Gasteiger partial charge on any atom is -0.652 e. The molecule has 6 nitrogen and oxygen atoms in total. The van der Waals surface area contributed by atoms with Crippen LogP contribution < -0.4 is 113 Å². The largest absolute Gasteiger partial charge is 1.00 e. The SMILES string of the molecule is C=CC(C)(CCC=C(C)C)OC(=O)C(Cc1ccccc1)C(C)=O.O=C([O-])[O-].[K+].[K+]. The van der Waals surface area contributed by atoms with Crippen molar-refractivity contribution in [2.24, 2.45) is 5.92 Å². The number of Topliss-reactive ketones (excluding diaryl/α,β-unsaturated/α-hetero) is 1. The summed E-state index contributed by atoms with van der Waals surface area (Å²) < 4.78 is 5.66. The molecule has 0 aliphatic rings. The molecule has 1 aromatic rings. The zero-order valence-corrected chi connectivity index (χ0v) is 25.1. The van der Waals surface area contributed by atoms with E-state index >= 15 is 0 Å². The molecule has 0 spiro atoms. The predicted molar refractivity (Wildman–Crippen MR) is 103 cm³/mol. The maximum absolute atomic E-state index is 12.6. The quantitative estimate of drug-likeness (QED) is 0.160. The Morgan fingerprint density at radius 1 is 1.10 bits per heavy atom. The normalized spacial score (nSPS) is 12.1. The van der Waals surface area contributed by atoms with Crippen molar-refractivity contribution in [1.29, 1.82) is 0 Å². The summed E-state index contributed by atoms with van der Waals surface area (Å²) in [6.45, 7) is 11.1. The zero-order chi connectivity index (χ0) is 21.7. The van der Waals surface area contributed by atoms with Gasteiger partial charge < -0.3 is 19.7 Å². The first-order chi connectivity index (χ1) is 13.0. The number of hydrogen-bond donors (Lipinski definition) is 0. The Bertz CT molecular complexity index is 695. The van der Waals surface area contributed by atoms with Crippen LogP contribution in [0.2, 0.25) is 0 Å². The fourth-order valence-corrected chi connectivity index (χ4v) is 2.39. The van der Waals surface area contributed by atoms with E-state index in [0.717, 1.165) is 12.0 Å². The van der Waals surface area contributed by atoms with Crippen molar-refractivity contribution in [3.05, 3.63) is 60.2 Å². The Kier molecular flexibility index (Phi) is 22.0. The number of rotatable bonds is 9. The van der Waals surface area contributed by atoms with Crippen LogP contribution in [0.4, 0.5) is 4.79 Å². The third kappa shape index (κ3) is 17.0. The molecule has 1 rings (SSSR count). The van der Waals surface area contributed by atoms with Gasteiger partial charge in [0.25, 0.3) is 0 Å². The van der Waals surface area contributed by atoms with E-state index in [2.05, 4.69) is 12.7 Å². The zero-order valence-electron chi connectivity index (χ0n) is 18.9. The number of allylic oxidation sites excluding steroid dienone is 2. The van der Waals surface area contributed by atoms with Crippen LogP contribution in [0.1, 0.15) is 46.1 Å². The molecule has 154 valence electrons. The topological polar surface area (TPSA) is 107 Å². The number of ketones is 1. The fraction of sp³-hybridized carbons (Fsp3) is 0.409. The van der Waals surface area contributed by atoms with Gasteiger partial charge in [0.15, 0.2) is 0 Å². The second-order valence-corrected chi connectivity index (χ2v) is 6.86. The Morgan fingerprint density at radius 3 is 2.00 bits per heavy atom. The van der Waals surface area contributed by atoms with Crippen molar-refractivity contribution in [2.75, 3.05) is 0 Å². The predicted octanol–water partition coefficient (Wildman–Crippen LogP) is -3.77. The summed E-state index contributed by atoms with van der Waals surface area (Å²) in [7, 11) is 0. The summed E-state index contributed by atoms with van der Waals surface area (Å²) in [6.07, 6.45) is 3.20. The number of esters is 1. The van der Waals surface area contributed by atoms with E-state index in [1.165, 1.54) is 12.5 Å². The molecule has 0 saturated carbocycles. The first-order valence-corrected chi connectivity index (χ1v) is 8.93. The Labute approximate surface area is 264 Å². The van der Waals surface area contributed by atoms with Gasteiger partial charge in [-0.05, 0) is 64.8 Å². The summed E-state index contributed by atoms with van der Waals surface area (Å²) in [5, 5.41) is 16.7. The summed E-state index contributed by atoms with van der Waals surface area (Å²) in [5.41, 5.74) is 1.39. The Hall–Kier alpha value is 0.383. The van der Waals surface area contributed by atoms with Crippen LogP contribution in [-0.2, 0) is 20.7 Å². The molecule has 1 aromatic carbocycles. The van der Waals surface area contributed by atoms with E-state index in [1.54, 1.807) is 6.08 Å². The van der Waals surface area contributed by atoms with Gasteiger partial charge in [-0.1, -0.05) is 48.6 Å². The van der Waals surface area contributed by atoms with Gasteiger partial charge in [-0.15, -0.1) is 0 Å². The van der Waals surface area contributed by atoms with E-state index in [9.17, 15) is 9.59 Å². The number of hydrogen-bond acceptors (Lipinski definition) is 6. The average Bonchev–Trinajstić information content (AvgIpc) is 2.59. The molecule has 0 N–H and O–H groups in total. The number of carbonyl (C=O) groups excluding carboxylic acids is 3. The maximum atomic E-state index is 12.6. The average molecular weight is 467 g/mol. The summed E-state index contributed by atoms with van der Waals surface area (Å²) in [5.74, 6) is -1.44. The van der Waals surface area contributed by atoms with Crippen molar-refractivity contribution in [3.63, 3.8) is 0 Å². The van der Waals surface area contributed by atoms with Gasteiger partial charge in [-0.3, -0.25) is 9.59 Å².